The molecule has 0 radical (unpaired) electrons. The number of methoxy groups -OCH3 is 2. The van der Waals surface area contributed by atoms with Crippen molar-refractivity contribution in [2.75, 3.05) is 144 Å². The maximum atomic E-state index is 15.3. The minimum atomic E-state index is -5.54. The molecular weight excluding hydrogens is 1440 g/mol. The molecule has 0 aromatic heterocycles. The summed E-state index contributed by atoms with van der Waals surface area (Å²) in [5.41, 5.74) is -3.50. The van der Waals surface area contributed by atoms with Gasteiger partial charge in [-0.1, -0.05) is 6.07 Å². The van der Waals surface area contributed by atoms with E-state index in [2.05, 4.69) is 0 Å². The minimum Gasteiger partial charge on any atom is -0.744 e. The number of carbonyl (C=O) groups is 4. The molecule has 1 saturated heterocycles. The third-order valence-corrected chi connectivity index (χ3v) is 21.4. The largest absolute Gasteiger partial charge is 0.744 e. The quantitative estimate of drug-likeness (QED) is 0.0138. The van der Waals surface area contributed by atoms with Gasteiger partial charge < -0.3 is 62.0 Å². The monoisotopic (exact) mass is 1520 g/mol. The number of aliphatic hydroxyl groups is 1. The number of rotatable bonds is 42. The number of ether oxygens (including phenoxy) is 9. The number of Topliss-reactive ketones (excluding diaryl/α,β-unsaturated/α-hetero) is 1. The lowest BCUT2D eigenvalue weighted by molar-refractivity contribution is -0.442. The van der Waals surface area contributed by atoms with Crippen LogP contribution in [0.4, 0.5) is 11.4 Å². The number of carbonyl (C=O) groups excluding carboxylic acids is 4. The van der Waals surface area contributed by atoms with Gasteiger partial charge in [0, 0.05) is 86.5 Å². The van der Waals surface area contributed by atoms with Crippen molar-refractivity contribution in [3.63, 3.8) is 0 Å². The van der Waals surface area contributed by atoms with Gasteiger partial charge in [-0.15, -0.1) is 5.06 Å². The Bertz CT molecular complexity index is 4540. The molecule has 4 aliphatic rings. The molecule has 556 valence electrons. The van der Waals surface area contributed by atoms with Crippen LogP contribution in [0.1, 0.15) is 69.9 Å². The zero-order valence-electron chi connectivity index (χ0n) is 55.5. The second-order valence-corrected chi connectivity index (χ2v) is 31.1. The van der Waals surface area contributed by atoms with Crippen LogP contribution in [-0.2, 0) is 128 Å². The Kier molecular flexibility index (Phi) is 26.8. The van der Waals surface area contributed by atoms with Gasteiger partial charge in [-0.3, -0.25) is 32.6 Å². The number of benzene rings is 4. The van der Waals surface area contributed by atoms with Crippen molar-refractivity contribution in [2.45, 2.75) is 89.2 Å². The van der Waals surface area contributed by atoms with E-state index in [1.54, 1.807) is 23.5 Å². The fraction of sp³-hybridized carbons (Fsp3) is 0.508. The van der Waals surface area contributed by atoms with Crippen molar-refractivity contribution in [3.05, 3.63) is 94.4 Å². The topological polar surface area (TPSA) is 465 Å². The van der Waals surface area contributed by atoms with Crippen LogP contribution in [0.2, 0.25) is 0 Å². The van der Waals surface area contributed by atoms with Gasteiger partial charge in [0.05, 0.1) is 129 Å². The van der Waals surface area contributed by atoms with Gasteiger partial charge in [0.2, 0.25) is 11.5 Å². The van der Waals surface area contributed by atoms with Crippen LogP contribution in [0.25, 0.3) is 21.5 Å². The summed E-state index contributed by atoms with van der Waals surface area (Å²) < 4.78 is 234. The number of aliphatic hydroxyl groups excluding tert-OH is 1. The van der Waals surface area contributed by atoms with E-state index in [-0.39, 0.29) is 173 Å². The van der Waals surface area contributed by atoms with Crippen molar-refractivity contribution in [1.82, 2.24) is 5.06 Å². The standard InChI is InChI=1S/C63H79N3O30S5/c1-62(14-6-34-97(72,73)74)53(65(17-19-90-25-27-94-32-33-95-31-29-92-23-21-88-4)50-11-9-43-45(58(50)62)35-41(98(75,76)77)37-51(43)100(81,82)83)39-47-60(70)48(61(47)71)40-54-63(2,15-18-89-24-26-93-30-28-91-22-20-87-3)59-46-36-42(99(78,79)80)38-52(101(84,85)86)44(46)8-10-49(59)64(54)16-5-7-57(69)96-66-55(67)12-13-56(66)68/h8-11,35-40H,5-7,12-34H2,1-4H3,(H5-,70,71,72,73,74,75,76,77,78,79,80,81,82,83,84,85,86). The van der Waals surface area contributed by atoms with Crippen molar-refractivity contribution in [2.24, 2.45) is 0 Å². The van der Waals surface area contributed by atoms with E-state index in [0.717, 1.165) is 12.1 Å². The van der Waals surface area contributed by atoms with Gasteiger partial charge in [0.15, 0.2) is 12.3 Å². The highest BCUT2D eigenvalue weighted by molar-refractivity contribution is 7.87. The van der Waals surface area contributed by atoms with Gasteiger partial charge in [-0.05, 0) is 104 Å². The molecule has 33 nitrogen and oxygen atoms in total. The van der Waals surface area contributed by atoms with Crippen LogP contribution in [0, 0.1) is 0 Å². The molecule has 2 unspecified atom stereocenters. The Morgan fingerprint density at radius 2 is 1.06 bits per heavy atom. The highest BCUT2D eigenvalue weighted by Crippen LogP contribution is 2.55. The summed E-state index contributed by atoms with van der Waals surface area (Å²) in [6.07, 6.45) is 0.643. The lowest BCUT2D eigenvalue weighted by Gasteiger charge is -2.32. The Morgan fingerprint density at radius 1 is 0.574 bits per heavy atom. The lowest BCUT2D eigenvalue weighted by Crippen LogP contribution is -2.35. The summed E-state index contributed by atoms with van der Waals surface area (Å²) in [4.78, 5) is 56.2. The van der Waals surface area contributed by atoms with Crippen LogP contribution in [0.5, 0.6) is 0 Å². The first-order valence-corrected chi connectivity index (χ1v) is 38.9. The number of hydrogen-bond donors (Lipinski definition) is 5. The molecule has 8 rings (SSSR count). The number of hydroxylamine groups is 2. The van der Waals surface area contributed by atoms with E-state index in [4.69, 9.17) is 47.5 Å². The molecule has 3 aliphatic heterocycles. The van der Waals surface area contributed by atoms with E-state index in [9.17, 15) is 84.3 Å². The molecule has 0 spiro atoms. The summed E-state index contributed by atoms with van der Waals surface area (Å²) in [6.45, 7) is 5.41. The lowest BCUT2D eigenvalue weighted by atomic mass is 9.72. The first kappa shape index (κ1) is 80.1. The Labute approximate surface area is 583 Å². The molecule has 0 saturated carbocycles. The Hall–Kier alpha value is -6.64. The number of fused-ring (bicyclic) bond motifs is 6. The Morgan fingerprint density at radius 3 is 1.55 bits per heavy atom. The second-order valence-electron chi connectivity index (χ2n) is 23.9. The molecule has 101 heavy (non-hydrogen) atoms. The van der Waals surface area contributed by atoms with Crippen LogP contribution < -0.4 is 4.90 Å². The van der Waals surface area contributed by atoms with E-state index < -0.39 is 134 Å². The maximum absolute atomic E-state index is 15.3. The molecule has 4 aromatic rings. The summed E-state index contributed by atoms with van der Waals surface area (Å²) in [7, 11) is -23.0. The SMILES string of the molecule is COCCOCCOCCOCCOCC[N+]1=C(/C=C2/C(=O)C(/C=C3/N(CCCC(=O)ON4C(=O)CCC4=O)c4ccc5c(S(=O)(=O)[O-])cc(S(=O)(=O)O)cc5c4C3(C)CCOCCOCCOCCOC)=C2O)C(C)(CCCS(=O)(=O)O)c2c1ccc1c(S(=O)(=O)O)cc(S(=O)(=O)O)cc21. The fourth-order valence-electron chi connectivity index (χ4n) is 12.4. The molecular formula is C63H79N3O30S5. The third-order valence-electron chi connectivity index (χ3n) is 17.2. The smallest absolute Gasteiger partial charge is 0.333 e. The summed E-state index contributed by atoms with van der Waals surface area (Å²) in [5, 5.41) is 11.9. The van der Waals surface area contributed by atoms with Gasteiger partial charge >= 0.3 is 5.97 Å². The highest BCUT2D eigenvalue weighted by Gasteiger charge is 2.52. The number of hydrogen-bond acceptors (Lipinski definition) is 27. The van der Waals surface area contributed by atoms with Crippen LogP contribution >= 0.6 is 0 Å². The molecule has 1 aliphatic carbocycles. The Balaban J connectivity index is 1.27. The zero-order chi connectivity index (χ0) is 73.9. The van der Waals surface area contributed by atoms with Crippen molar-refractivity contribution in [3.8, 4) is 0 Å². The average molecular weight is 1520 g/mol. The second kappa shape index (κ2) is 33.9. The summed E-state index contributed by atoms with van der Waals surface area (Å²) in [6, 6.07) is 8.13. The predicted octanol–water partition coefficient (Wildman–Crippen LogP) is 3.83. The normalized spacial score (nSPS) is 19.1. The zero-order valence-corrected chi connectivity index (χ0v) is 59.6. The van der Waals surface area contributed by atoms with Crippen molar-refractivity contribution < 1.29 is 141 Å². The average Bonchev–Trinajstić information content (AvgIpc) is 1.57. The summed E-state index contributed by atoms with van der Waals surface area (Å²) in [5.74, 6) is -4.99. The van der Waals surface area contributed by atoms with Crippen LogP contribution in [-0.4, -0.2) is 248 Å². The van der Waals surface area contributed by atoms with Gasteiger partial charge in [0.25, 0.3) is 52.3 Å². The van der Waals surface area contributed by atoms with E-state index in [1.165, 1.54) is 50.5 Å². The number of amides is 2. The first-order valence-electron chi connectivity index (χ1n) is 31.6. The predicted molar refractivity (Wildman–Crippen MR) is 354 cm³/mol. The molecule has 38 heteroatoms. The number of imide groups is 1. The number of allylic oxidation sites excluding steroid dienone is 5. The molecule has 3 heterocycles. The highest BCUT2D eigenvalue weighted by atomic mass is 32.2. The van der Waals surface area contributed by atoms with Crippen molar-refractivity contribution in [1.29, 1.82) is 0 Å². The van der Waals surface area contributed by atoms with E-state index >= 15 is 4.79 Å². The molecule has 2 atom stereocenters. The fourth-order valence-corrected chi connectivity index (χ4v) is 15.6. The molecule has 0 bridgehead atoms. The number of anilines is 1. The van der Waals surface area contributed by atoms with Crippen LogP contribution in [0.15, 0.2) is 103 Å². The maximum Gasteiger partial charge on any atom is 0.333 e. The number of nitrogens with zero attached hydrogens (tertiary/aromatic N) is 3. The van der Waals surface area contributed by atoms with Crippen LogP contribution in [0.3, 0.4) is 0 Å². The molecule has 1 fully saturated rings. The van der Waals surface area contributed by atoms with E-state index in [0.29, 0.717) is 56.8 Å². The minimum absolute atomic E-state index is 0.00336. The van der Waals surface area contributed by atoms with Gasteiger partial charge in [-0.2, -0.15) is 38.2 Å². The number of ketones is 1. The van der Waals surface area contributed by atoms with Gasteiger partial charge in [0.1, 0.15) is 27.4 Å². The van der Waals surface area contributed by atoms with E-state index in [1.807, 2.05) is 0 Å². The molecule has 4 aromatic carbocycles. The molecule has 5 N–H and O–H groups in total. The van der Waals surface area contributed by atoms with Crippen molar-refractivity contribution >= 4 is 113 Å². The first-order chi connectivity index (χ1) is 47.6. The molecule has 2 amide bonds. The third kappa shape index (κ3) is 19.4. The van der Waals surface area contributed by atoms with Gasteiger partial charge in [-0.25, -0.2) is 13.2 Å². The summed E-state index contributed by atoms with van der Waals surface area (Å²) >= 11 is 0.